The van der Waals surface area contributed by atoms with Gasteiger partial charge < -0.3 is 5.32 Å². The Bertz CT molecular complexity index is 1120. The molecular formula is C27H31FN4O. The number of aryl methyl sites for hydroxylation is 3. The van der Waals surface area contributed by atoms with Gasteiger partial charge in [0, 0.05) is 36.0 Å². The Morgan fingerprint density at radius 1 is 1.06 bits per heavy atom. The summed E-state index contributed by atoms with van der Waals surface area (Å²) in [6.45, 7) is 8.97. The number of piperidine rings is 1. The fourth-order valence-corrected chi connectivity index (χ4v) is 4.56. The molecule has 1 aliphatic heterocycles. The molecule has 6 heteroatoms. The Labute approximate surface area is 195 Å². The number of carbonyl (C=O) groups excluding carboxylic acids is 1. The average Bonchev–Trinajstić information content (AvgIpc) is 2.79. The van der Waals surface area contributed by atoms with Gasteiger partial charge in [-0.3, -0.25) is 9.69 Å². The van der Waals surface area contributed by atoms with Crippen molar-refractivity contribution < 1.29 is 9.18 Å². The third kappa shape index (κ3) is 5.63. The SMILES string of the molecule is Cc1ccccc1CN1CCC[C@H](c2nc(C)c(CC(=O)Nc3ccccc3F)c(C)n2)C1. The lowest BCUT2D eigenvalue weighted by molar-refractivity contribution is -0.115. The van der Waals surface area contributed by atoms with Gasteiger partial charge in [0.25, 0.3) is 0 Å². The van der Waals surface area contributed by atoms with Gasteiger partial charge in [-0.15, -0.1) is 0 Å². The number of hydrogen-bond donors (Lipinski definition) is 1. The number of nitrogens with one attached hydrogen (secondary N) is 1. The Hall–Kier alpha value is -3.12. The molecule has 0 spiro atoms. The van der Waals surface area contributed by atoms with Crippen LogP contribution in [0.4, 0.5) is 10.1 Å². The number of aromatic nitrogens is 2. The van der Waals surface area contributed by atoms with Crippen LogP contribution in [0.15, 0.2) is 48.5 Å². The van der Waals surface area contributed by atoms with Gasteiger partial charge >= 0.3 is 0 Å². The van der Waals surface area contributed by atoms with E-state index in [-0.39, 0.29) is 23.9 Å². The number of benzene rings is 2. The summed E-state index contributed by atoms with van der Waals surface area (Å²) in [5.74, 6) is 0.419. The number of likely N-dealkylation sites (tertiary alicyclic amines) is 1. The Kier molecular flexibility index (Phi) is 7.14. The van der Waals surface area contributed by atoms with Crippen molar-refractivity contribution in [2.24, 2.45) is 0 Å². The predicted octanol–water partition coefficient (Wildman–Crippen LogP) is 5.10. The van der Waals surface area contributed by atoms with Gasteiger partial charge in [-0.25, -0.2) is 14.4 Å². The maximum atomic E-state index is 13.9. The van der Waals surface area contributed by atoms with Crippen LogP contribution in [0.5, 0.6) is 0 Å². The van der Waals surface area contributed by atoms with E-state index in [0.717, 1.165) is 55.3 Å². The molecule has 2 aromatic carbocycles. The molecule has 1 N–H and O–H groups in total. The summed E-state index contributed by atoms with van der Waals surface area (Å²) < 4.78 is 13.9. The van der Waals surface area contributed by atoms with Gasteiger partial charge in [0.15, 0.2) is 0 Å². The largest absolute Gasteiger partial charge is 0.323 e. The van der Waals surface area contributed by atoms with E-state index >= 15 is 0 Å². The summed E-state index contributed by atoms with van der Waals surface area (Å²) in [6, 6.07) is 14.7. The Morgan fingerprint density at radius 2 is 1.76 bits per heavy atom. The third-order valence-corrected chi connectivity index (χ3v) is 6.45. The van der Waals surface area contributed by atoms with Gasteiger partial charge in [0.05, 0.1) is 12.1 Å². The van der Waals surface area contributed by atoms with E-state index in [1.165, 1.54) is 17.2 Å². The maximum absolute atomic E-state index is 13.9. The van der Waals surface area contributed by atoms with E-state index in [0.29, 0.717) is 0 Å². The molecule has 4 rings (SSSR count). The number of amides is 1. The molecule has 1 fully saturated rings. The lowest BCUT2D eigenvalue weighted by atomic mass is 9.95. The van der Waals surface area contributed by atoms with E-state index in [9.17, 15) is 9.18 Å². The van der Waals surface area contributed by atoms with Crippen LogP contribution in [0.25, 0.3) is 0 Å². The molecule has 1 aromatic heterocycles. The summed E-state index contributed by atoms with van der Waals surface area (Å²) in [7, 11) is 0. The minimum Gasteiger partial charge on any atom is -0.323 e. The van der Waals surface area contributed by atoms with Crippen LogP contribution >= 0.6 is 0 Å². The fraction of sp³-hybridized carbons (Fsp3) is 0.370. The molecule has 1 saturated heterocycles. The van der Waals surface area contributed by atoms with Gasteiger partial charge in [0.2, 0.25) is 5.91 Å². The van der Waals surface area contributed by atoms with Crippen molar-refractivity contribution >= 4 is 11.6 Å². The quantitative estimate of drug-likeness (QED) is 0.572. The first-order chi connectivity index (χ1) is 15.9. The molecule has 3 aromatic rings. The highest BCUT2D eigenvalue weighted by atomic mass is 19.1. The fourth-order valence-electron chi connectivity index (χ4n) is 4.56. The monoisotopic (exact) mass is 446 g/mol. The second-order valence-electron chi connectivity index (χ2n) is 8.94. The number of nitrogens with zero attached hydrogens (tertiary/aromatic N) is 3. The number of anilines is 1. The number of para-hydroxylation sites is 1. The highest BCUT2D eigenvalue weighted by molar-refractivity contribution is 5.92. The molecule has 0 radical (unpaired) electrons. The molecule has 5 nitrogen and oxygen atoms in total. The van der Waals surface area contributed by atoms with Crippen molar-refractivity contribution in [1.82, 2.24) is 14.9 Å². The number of carbonyl (C=O) groups is 1. The molecule has 0 saturated carbocycles. The summed E-state index contributed by atoms with van der Waals surface area (Å²) >= 11 is 0. The van der Waals surface area contributed by atoms with Crippen LogP contribution in [-0.2, 0) is 17.8 Å². The van der Waals surface area contributed by atoms with Gasteiger partial charge in [-0.2, -0.15) is 0 Å². The zero-order valence-electron chi connectivity index (χ0n) is 19.6. The summed E-state index contributed by atoms with van der Waals surface area (Å²) in [5.41, 5.74) is 5.31. The average molecular weight is 447 g/mol. The topological polar surface area (TPSA) is 58.1 Å². The Morgan fingerprint density at radius 3 is 2.48 bits per heavy atom. The van der Waals surface area contributed by atoms with Crippen LogP contribution in [0.3, 0.4) is 0 Å². The summed E-state index contributed by atoms with van der Waals surface area (Å²) in [4.78, 5) is 24.6. The smallest absolute Gasteiger partial charge is 0.229 e. The first kappa shape index (κ1) is 23.1. The molecule has 33 heavy (non-hydrogen) atoms. The molecule has 0 bridgehead atoms. The van der Waals surface area contributed by atoms with E-state index in [2.05, 4.69) is 41.4 Å². The molecule has 1 amide bonds. The van der Waals surface area contributed by atoms with E-state index in [1.54, 1.807) is 18.2 Å². The third-order valence-electron chi connectivity index (χ3n) is 6.45. The van der Waals surface area contributed by atoms with Crippen molar-refractivity contribution in [3.63, 3.8) is 0 Å². The molecule has 1 atom stereocenters. The van der Waals surface area contributed by atoms with Crippen LogP contribution in [0.1, 0.15) is 52.7 Å². The normalized spacial score (nSPS) is 16.5. The number of hydrogen-bond acceptors (Lipinski definition) is 4. The summed E-state index contributed by atoms with van der Waals surface area (Å²) in [5, 5.41) is 2.65. The lowest BCUT2D eigenvalue weighted by Crippen LogP contribution is -2.35. The van der Waals surface area contributed by atoms with E-state index in [4.69, 9.17) is 9.97 Å². The van der Waals surface area contributed by atoms with Crippen LogP contribution in [0.2, 0.25) is 0 Å². The Balaban J connectivity index is 1.44. The van der Waals surface area contributed by atoms with E-state index in [1.807, 2.05) is 13.8 Å². The zero-order valence-corrected chi connectivity index (χ0v) is 19.6. The van der Waals surface area contributed by atoms with Gasteiger partial charge in [-0.1, -0.05) is 36.4 Å². The van der Waals surface area contributed by atoms with E-state index < -0.39 is 5.82 Å². The predicted molar refractivity (Wildman–Crippen MR) is 129 cm³/mol. The molecule has 0 unspecified atom stereocenters. The lowest BCUT2D eigenvalue weighted by Gasteiger charge is -2.32. The highest BCUT2D eigenvalue weighted by Gasteiger charge is 2.25. The number of rotatable bonds is 6. The first-order valence-electron chi connectivity index (χ1n) is 11.6. The minimum absolute atomic E-state index is 0.121. The molecule has 172 valence electrons. The molecule has 0 aliphatic carbocycles. The van der Waals surface area contributed by atoms with Crippen LogP contribution in [-0.4, -0.2) is 33.9 Å². The van der Waals surface area contributed by atoms with Crippen molar-refractivity contribution in [2.75, 3.05) is 18.4 Å². The maximum Gasteiger partial charge on any atom is 0.229 e. The highest BCUT2D eigenvalue weighted by Crippen LogP contribution is 2.27. The second-order valence-corrected chi connectivity index (χ2v) is 8.94. The molecule has 2 heterocycles. The number of halogens is 1. The van der Waals surface area contributed by atoms with Crippen molar-refractivity contribution in [2.45, 2.75) is 52.5 Å². The minimum atomic E-state index is -0.446. The van der Waals surface area contributed by atoms with Crippen molar-refractivity contribution in [3.05, 3.63) is 88.3 Å². The second kappa shape index (κ2) is 10.2. The van der Waals surface area contributed by atoms with Crippen LogP contribution < -0.4 is 5.32 Å². The first-order valence-corrected chi connectivity index (χ1v) is 11.6. The standard InChI is InChI=1S/C27H31FN4O/c1-18-9-4-5-10-21(18)16-32-14-8-11-22(17-32)27-29-19(2)23(20(3)30-27)15-26(33)31-25-13-7-6-12-24(25)28/h4-7,9-10,12-13,22H,8,11,14-17H2,1-3H3,(H,31,33)/t22-/m0/s1. The van der Waals surface area contributed by atoms with Crippen molar-refractivity contribution in [3.8, 4) is 0 Å². The van der Waals surface area contributed by atoms with Crippen LogP contribution in [0, 0.1) is 26.6 Å². The van der Waals surface area contributed by atoms with Gasteiger partial charge in [0.1, 0.15) is 11.6 Å². The summed E-state index contributed by atoms with van der Waals surface area (Å²) in [6.07, 6.45) is 2.30. The van der Waals surface area contributed by atoms with Crippen molar-refractivity contribution in [1.29, 1.82) is 0 Å². The zero-order chi connectivity index (χ0) is 23.4. The molecular weight excluding hydrogens is 415 g/mol. The molecule has 1 aliphatic rings. The van der Waals surface area contributed by atoms with Gasteiger partial charge in [-0.05, 0) is 63.4 Å².